The van der Waals surface area contributed by atoms with E-state index < -0.39 is 0 Å². The maximum Gasteiger partial charge on any atom is 0.275 e. The molecule has 0 atom stereocenters. The van der Waals surface area contributed by atoms with Crippen LogP contribution in [0.15, 0.2) is 67.1 Å². The minimum Gasteiger partial charge on any atom is -0.368 e. The number of nitrogens with one attached hydrogen (secondary N) is 3. The number of aromatic amines is 1. The molecule has 0 saturated carbocycles. The van der Waals surface area contributed by atoms with E-state index in [1.165, 1.54) is 17.1 Å². The highest BCUT2D eigenvalue weighted by Crippen LogP contribution is 2.18. The van der Waals surface area contributed by atoms with Gasteiger partial charge in [0.2, 0.25) is 0 Å². The molecule has 0 bridgehead atoms. The fourth-order valence-electron chi connectivity index (χ4n) is 3.10. The van der Waals surface area contributed by atoms with E-state index in [-0.39, 0.29) is 11.6 Å². The summed E-state index contributed by atoms with van der Waals surface area (Å²) in [6.07, 6.45) is 5.97. The molecule has 28 heavy (non-hydrogen) atoms. The first-order valence-corrected chi connectivity index (χ1v) is 9.18. The van der Waals surface area contributed by atoms with E-state index in [1.54, 1.807) is 6.20 Å². The van der Waals surface area contributed by atoms with Gasteiger partial charge in [0.25, 0.3) is 5.91 Å². The molecule has 0 fully saturated rings. The van der Waals surface area contributed by atoms with Crippen molar-refractivity contribution in [3.63, 3.8) is 0 Å². The molecule has 4 aromatic rings. The van der Waals surface area contributed by atoms with Gasteiger partial charge in [-0.3, -0.25) is 4.79 Å². The van der Waals surface area contributed by atoms with Crippen molar-refractivity contribution in [3.8, 4) is 0 Å². The van der Waals surface area contributed by atoms with Crippen LogP contribution >= 0.6 is 0 Å². The number of amides is 1. The molecule has 6 heteroatoms. The second kappa shape index (κ2) is 7.92. The summed E-state index contributed by atoms with van der Waals surface area (Å²) >= 11 is 0. The highest BCUT2D eigenvalue weighted by Gasteiger charge is 2.10. The van der Waals surface area contributed by atoms with Gasteiger partial charge in [0, 0.05) is 29.3 Å². The van der Waals surface area contributed by atoms with Gasteiger partial charge in [0.05, 0.1) is 12.4 Å². The van der Waals surface area contributed by atoms with Gasteiger partial charge in [0.1, 0.15) is 11.5 Å². The number of rotatable bonds is 6. The van der Waals surface area contributed by atoms with Crippen molar-refractivity contribution in [1.82, 2.24) is 15.0 Å². The van der Waals surface area contributed by atoms with Crippen molar-refractivity contribution in [2.45, 2.75) is 13.3 Å². The molecule has 140 valence electrons. The van der Waals surface area contributed by atoms with Crippen LogP contribution in [0.25, 0.3) is 10.9 Å². The summed E-state index contributed by atoms with van der Waals surface area (Å²) in [5.41, 5.74) is 4.45. The number of aryl methyl sites for hydroxylation is 1. The number of aromatic nitrogens is 3. The van der Waals surface area contributed by atoms with E-state index in [1.807, 2.05) is 49.5 Å². The number of carbonyl (C=O) groups excluding carboxylic acids is 1. The lowest BCUT2D eigenvalue weighted by atomic mass is 10.1. The van der Waals surface area contributed by atoms with Crippen LogP contribution < -0.4 is 10.6 Å². The lowest BCUT2D eigenvalue weighted by molar-refractivity contribution is 0.102. The average molecular weight is 371 g/mol. The highest BCUT2D eigenvalue weighted by atomic mass is 16.1. The fourth-order valence-corrected chi connectivity index (χ4v) is 3.10. The Morgan fingerprint density at radius 2 is 1.86 bits per heavy atom. The first-order valence-electron chi connectivity index (χ1n) is 9.18. The normalized spacial score (nSPS) is 10.8. The first-order chi connectivity index (χ1) is 13.7. The highest BCUT2D eigenvalue weighted by molar-refractivity contribution is 6.03. The molecule has 4 rings (SSSR count). The molecule has 1 amide bonds. The maximum absolute atomic E-state index is 12.3. The molecule has 2 aromatic heterocycles. The zero-order valence-corrected chi connectivity index (χ0v) is 15.6. The second-order valence-electron chi connectivity index (χ2n) is 6.59. The van der Waals surface area contributed by atoms with Gasteiger partial charge in [-0.05, 0) is 36.6 Å². The van der Waals surface area contributed by atoms with E-state index in [0.29, 0.717) is 5.82 Å². The number of hydrogen-bond donors (Lipinski definition) is 3. The monoisotopic (exact) mass is 371 g/mol. The molecular formula is C22H21N5O. The Labute approximate surface area is 163 Å². The summed E-state index contributed by atoms with van der Waals surface area (Å²) in [5.74, 6) is 0.374. The van der Waals surface area contributed by atoms with E-state index in [9.17, 15) is 4.79 Å². The lowest BCUT2D eigenvalue weighted by Gasteiger charge is -2.08. The van der Waals surface area contributed by atoms with Crippen LogP contribution in [0.1, 0.15) is 21.6 Å². The Morgan fingerprint density at radius 3 is 2.68 bits per heavy atom. The number of para-hydroxylation sites is 2. The third-order valence-electron chi connectivity index (χ3n) is 4.65. The zero-order valence-electron chi connectivity index (χ0n) is 15.6. The number of hydrogen-bond acceptors (Lipinski definition) is 4. The van der Waals surface area contributed by atoms with Crippen molar-refractivity contribution in [1.29, 1.82) is 0 Å². The molecule has 0 aliphatic rings. The SMILES string of the molecule is Cc1ccccc1NC(=O)c1cnc(NCCc2c[nH]c3ccccc23)cn1. The van der Waals surface area contributed by atoms with Gasteiger partial charge in [-0.1, -0.05) is 36.4 Å². The average Bonchev–Trinajstić information content (AvgIpc) is 3.13. The number of nitrogens with zero attached hydrogens (tertiary/aromatic N) is 2. The minimum absolute atomic E-state index is 0.271. The molecule has 2 heterocycles. The molecule has 0 spiro atoms. The number of fused-ring (bicyclic) bond motifs is 1. The Morgan fingerprint density at radius 1 is 1.04 bits per heavy atom. The topological polar surface area (TPSA) is 82.7 Å². The van der Waals surface area contributed by atoms with Gasteiger partial charge >= 0.3 is 0 Å². The van der Waals surface area contributed by atoms with E-state index in [2.05, 4.69) is 37.7 Å². The van der Waals surface area contributed by atoms with Crippen LogP contribution in [-0.2, 0) is 6.42 Å². The van der Waals surface area contributed by atoms with Crippen molar-refractivity contribution in [2.75, 3.05) is 17.2 Å². The summed E-state index contributed by atoms with van der Waals surface area (Å²) < 4.78 is 0. The number of benzene rings is 2. The predicted octanol–water partition coefficient (Wildman–Crippen LogP) is 4.17. The quantitative estimate of drug-likeness (QED) is 0.475. The van der Waals surface area contributed by atoms with Crippen LogP contribution in [0.3, 0.4) is 0 Å². The van der Waals surface area contributed by atoms with Crippen LogP contribution in [-0.4, -0.2) is 27.4 Å². The van der Waals surface area contributed by atoms with Crippen LogP contribution in [0.2, 0.25) is 0 Å². The fraction of sp³-hybridized carbons (Fsp3) is 0.136. The molecule has 0 unspecified atom stereocenters. The summed E-state index contributed by atoms with van der Waals surface area (Å²) in [4.78, 5) is 24.1. The Kier molecular flexibility index (Phi) is 5.01. The minimum atomic E-state index is -0.271. The number of carbonyl (C=O) groups is 1. The first kappa shape index (κ1) is 17.7. The van der Waals surface area contributed by atoms with Crippen LogP contribution in [0.4, 0.5) is 11.5 Å². The van der Waals surface area contributed by atoms with Gasteiger partial charge < -0.3 is 15.6 Å². The Hall–Kier alpha value is -3.67. The van der Waals surface area contributed by atoms with Gasteiger partial charge in [-0.15, -0.1) is 0 Å². The zero-order chi connectivity index (χ0) is 19.3. The molecule has 6 nitrogen and oxygen atoms in total. The van der Waals surface area contributed by atoms with Gasteiger partial charge in [-0.2, -0.15) is 0 Å². The lowest BCUT2D eigenvalue weighted by Crippen LogP contribution is -2.15. The van der Waals surface area contributed by atoms with Crippen molar-refractivity contribution < 1.29 is 4.79 Å². The van der Waals surface area contributed by atoms with Gasteiger partial charge in [-0.25, -0.2) is 9.97 Å². The molecule has 0 radical (unpaired) electrons. The van der Waals surface area contributed by atoms with E-state index in [4.69, 9.17) is 0 Å². The van der Waals surface area contributed by atoms with Gasteiger partial charge in [0.15, 0.2) is 0 Å². The third kappa shape index (κ3) is 3.86. The smallest absolute Gasteiger partial charge is 0.275 e. The van der Waals surface area contributed by atoms with Crippen molar-refractivity contribution in [3.05, 3.63) is 83.9 Å². The second-order valence-corrected chi connectivity index (χ2v) is 6.59. The summed E-state index contributed by atoms with van der Waals surface area (Å²) in [6.45, 7) is 2.67. The van der Waals surface area contributed by atoms with Crippen molar-refractivity contribution in [2.24, 2.45) is 0 Å². The molecule has 0 aliphatic carbocycles. The molecule has 3 N–H and O–H groups in total. The number of anilines is 2. The third-order valence-corrected chi connectivity index (χ3v) is 4.65. The maximum atomic E-state index is 12.3. The summed E-state index contributed by atoms with van der Waals surface area (Å²) in [7, 11) is 0. The summed E-state index contributed by atoms with van der Waals surface area (Å²) in [5, 5.41) is 7.35. The van der Waals surface area contributed by atoms with Crippen LogP contribution in [0, 0.1) is 6.92 Å². The number of H-pyrrole nitrogens is 1. The molecule has 2 aromatic carbocycles. The Balaban J connectivity index is 1.34. The van der Waals surface area contributed by atoms with E-state index in [0.717, 1.165) is 29.7 Å². The van der Waals surface area contributed by atoms with Crippen molar-refractivity contribution >= 4 is 28.3 Å². The predicted molar refractivity (Wildman–Crippen MR) is 112 cm³/mol. The molecular weight excluding hydrogens is 350 g/mol. The molecule has 0 aliphatic heterocycles. The summed E-state index contributed by atoms with van der Waals surface area (Å²) in [6, 6.07) is 15.9. The molecule has 0 saturated heterocycles. The van der Waals surface area contributed by atoms with Crippen LogP contribution in [0.5, 0.6) is 0 Å². The largest absolute Gasteiger partial charge is 0.368 e. The standard InChI is InChI=1S/C22H21N5O/c1-15-6-2-4-8-18(15)27-22(28)20-13-26-21(14-25-20)23-11-10-16-12-24-19-9-5-3-7-17(16)19/h2-9,12-14,24H,10-11H2,1H3,(H,23,26)(H,27,28). The van der Waals surface area contributed by atoms with E-state index >= 15 is 0 Å². The Bertz CT molecular complexity index is 1100.